The molecule has 0 radical (unpaired) electrons. The summed E-state index contributed by atoms with van der Waals surface area (Å²) >= 11 is 0. The number of sulfonamides is 1. The van der Waals surface area contributed by atoms with Gasteiger partial charge in [0.15, 0.2) is 6.17 Å². The number of amides is 3. The number of carbonyl (C=O) groups excluding carboxylic acids is 2. The van der Waals surface area contributed by atoms with Crippen LogP contribution in [0.25, 0.3) is 0 Å². The summed E-state index contributed by atoms with van der Waals surface area (Å²) in [5.74, 6) is -3.07. The highest BCUT2D eigenvalue weighted by Crippen LogP contribution is 2.27. The van der Waals surface area contributed by atoms with Crippen LogP contribution in [0, 0.1) is 15.9 Å². The second-order valence-corrected chi connectivity index (χ2v) is 10.0. The quantitative estimate of drug-likeness (QED) is 0.227. The topological polar surface area (TPSA) is 179 Å². The molecule has 1 aliphatic rings. The van der Waals surface area contributed by atoms with Crippen molar-refractivity contribution < 1.29 is 37.2 Å². The smallest absolute Gasteiger partial charge is 0.319 e. The van der Waals surface area contributed by atoms with Crippen molar-refractivity contribution in [2.24, 2.45) is 0 Å². The van der Waals surface area contributed by atoms with Gasteiger partial charge in [-0.05, 0) is 29.8 Å². The van der Waals surface area contributed by atoms with Crippen LogP contribution >= 0.6 is 0 Å². The Bertz CT molecular complexity index is 1350. The Labute approximate surface area is 216 Å². The molecule has 2 aromatic carbocycles. The number of hydrogen-bond donors (Lipinski definition) is 3. The zero-order valence-electron chi connectivity index (χ0n) is 19.8. The summed E-state index contributed by atoms with van der Waals surface area (Å²) in [7, 11) is -4.42. The zero-order chi connectivity index (χ0) is 28.0. The summed E-state index contributed by atoms with van der Waals surface area (Å²) in [6.07, 6.45) is -1.06. The van der Waals surface area contributed by atoms with E-state index >= 15 is 0 Å². The number of hydrogen-bond acceptors (Lipinski definition) is 7. The minimum Gasteiger partial charge on any atom is -0.481 e. The van der Waals surface area contributed by atoms with Crippen molar-refractivity contribution >= 4 is 33.6 Å². The molecule has 38 heavy (non-hydrogen) atoms. The minimum absolute atomic E-state index is 0.0176. The molecule has 0 spiro atoms. The number of carbonyl (C=O) groups is 3. The lowest BCUT2D eigenvalue weighted by atomic mass is 10.0. The van der Waals surface area contributed by atoms with Crippen LogP contribution < -0.4 is 10.6 Å². The first-order valence-electron chi connectivity index (χ1n) is 11.1. The van der Waals surface area contributed by atoms with E-state index in [1.807, 2.05) is 0 Å². The summed E-state index contributed by atoms with van der Waals surface area (Å²) in [4.78, 5) is 48.9. The summed E-state index contributed by atoms with van der Waals surface area (Å²) in [5.41, 5.74) is -0.262. The normalized spacial score (nSPS) is 16.4. The Kier molecular flexibility index (Phi) is 8.75. The predicted molar refractivity (Wildman–Crippen MR) is 131 cm³/mol. The van der Waals surface area contributed by atoms with Crippen LogP contribution in [0.4, 0.5) is 14.9 Å². The summed E-state index contributed by atoms with van der Waals surface area (Å²) in [6.45, 7) is 3.01. The molecule has 3 N–H and O–H groups in total. The van der Waals surface area contributed by atoms with Crippen LogP contribution in [0.1, 0.15) is 18.0 Å². The molecule has 1 fully saturated rings. The first-order valence-corrected chi connectivity index (χ1v) is 12.6. The molecule has 0 aliphatic carbocycles. The molecule has 15 heteroatoms. The first kappa shape index (κ1) is 28.2. The maximum atomic E-state index is 13.5. The Hall–Kier alpha value is -4.37. The first-order chi connectivity index (χ1) is 17.9. The number of urea groups is 1. The monoisotopic (exact) mass is 549 g/mol. The van der Waals surface area contributed by atoms with E-state index in [9.17, 15) is 42.4 Å². The van der Waals surface area contributed by atoms with Gasteiger partial charge in [-0.1, -0.05) is 18.2 Å². The van der Waals surface area contributed by atoms with Gasteiger partial charge in [0, 0.05) is 31.8 Å². The number of benzene rings is 2. The number of aliphatic carboxylic acids is 1. The number of carboxylic acids is 1. The lowest BCUT2D eigenvalue weighted by Crippen LogP contribution is -2.56. The third-order valence-corrected chi connectivity index (χ3v) is 7.49. The lowest BCUT2D eigenvalue weighted by molar-refractivity contribution is -0.384. The Balaban J connectivity index is 2.00. The van der Waals surface area contributed by atoms with Gasteiger partial charge >= 0.3 is 12.0 Å². The average molecular weight is 550 g/mol. The van der Waals surface area contributed by atoms with E-state index in [1.54, 1.807) is 0 Å². The third-order valence-electron chi connectivity index (χ3n) is 5.62. The molecule has 3 amide bonds. The van der Waals surface area contributed by atoms with E-state index in [2.05, 4.69) is 17.2 Å². The molecular formula is C23H24FN5O8S. The molecular weight excluding hydrogens is 525 g/mol. The van der Waals surface area contributed by atoms with Gasteiger partial charge in [-0.25, -0.2) is 17.6 Å². The molecule has 2 unspecified atom stereocenters. The highest BCUT2D eigenvalue weighted by Gasteiger charge is 2.47. The molecule has 0 bridgehead atoms. The van der Waals surface area contributed by atoms with E-state index in [1.165, 1.54) is 24.3 Å². The van der Waals surface area contributed by atoms with Crippen LogP contribution in [0.3, 0.4) is 0 Å². The molecule has 13 nitrogen and oxygen atoms in total. The molecule has 3 rings (SSSR count). The Morgan fingerprint density at radius 1 is 1.21 bits per heavy atom. The van der Waals surface area contributed by atoms with E-state index in [0.29, 0.717) is 0 Å². The van der Waals surface area contributed by atoms with Crippen molar-refractivity contribution in [1.29, 1.82) is 0 Å². The van der Waals surface area contributed by atoms with Crippen molar-refractivity contribution in [2.45, 2.75) is 23.5 Å². The Morgan fingerprint density at radius 2 is 1.89 bits per heavy atom. The SMILES string of the molecule is C=CCNC(=O)N1CCN(S(=O)(=O)c2ccc(F)cc2)C1C(=O)NC(CC(=O)O)c1cccc([N+](=O)[O-])c1. The van der Waals surface area contributed by atoms with Crippen molar-refractivity contribution in [1.82, 2.24) is 19.8 Å². The van der Waals surface area contributed by atoms with Crippen LogP contribution in [0.2, 0.25) is 0 Å². The fourth-order valence-electron chi connectivity index (χ4n) is 3.87. The highest BCUT2D eigenvalue weighted by atomic mass is 32.2. The van der Waals surface area contributed by atoms with Gasteiger partial charge in [0.25, 0.3) is 11.6 Å². The van der Waals surface area contributed by atoms with Gasteiger partial charge in [0.05, 0.1) is 22.3 Å². The van der Waals surface area contributed by atoms with Gasteiger partial charge < -0.3 is 15.7 Å². The van der Waals surface area contributed by atoms with E-state index < -0.39 is 57.3 Å². The van der Waals surface area contributed by atoms with Crippen molar-refractivity contribution in [2.75, 3.05) is 19.6 Å². The maximum absolute atomic E-state index is 13.5. The molecule has 2 atom stereocenters. The molecule has 1 saturated heterocycles. The summed E-state index contributed by atoms with van der Waals surface area (Å²) in [5, 5.41) is 25.5. The number of non-ortho nitro benzene ring substituents is 1. The number of halogens is 1. The zero-order valence-corrected chi connectivity index (χ0v) is 20.6. The fourth-order valence-corrected chi connectivity index (χ4v) is 5.42. The number of nitro groups is 1. The van der Waals surface area contributed by atoms with E-state index in [-0.39, 0.29) is 35.8 Å². The number of nitro benzene ring substituents is 1. The number of nitrogens with zero attached hydrogens (tertiary/aromatic N) is 3. The summed E-state index contributed by atoms with van der Waals surface area (Å²) < 4.78 is 40.9. The van der Waals surface area contributed by atoms with Crippen molar-refractivity contribution in [3.63, 3.8) is 0 Å². The third kappa shape index (κ3) is 6.30. The number of carboxylic acid groups (broad SMARTS) is 1. The Morgan fingerprint density at radius 3 is 2.50 bits per heavy atom. The molecule has 1 heterocycles. The fraction of sp³-hybridized carbons (Fsp3) is 0.261. The lowest BCUT2D eigenvalue weighted by Gasteiger charge is -2.30. The van der Waals surface area contributed by atoms with Crippen molar-refractivity contribution in [3.8, 4) is 0 Å². The van der Waals surface area contributed by atoms with Gasteiger partial charge in [-0.2, -0.15) is 4.31 Å². The standard InChI is InChI=1S/C23H24FN5O8S/c1-2-10-25-23(33)27-11-12-28(38(36,37)18-8-6-16(24)7-9-18)22(27)21(32)26-19(14-20(30)31)15-4-3-5-17(13-15)29(34)35/h2-9,13,19,22H,1,10-12,14H2,(H,25,33)(H,26,32)(H,30,31). The average Bonchev–Trinajstić information content (AvgIpc) is 3.33. The molecule has 0 saturated carbocycles. The van der Waals surface area contributed by atoms with Gasteiger partial charge in [-0.15, -0.1) is 6.58 Å². The second-order valence-electron chi connectivity index (χ2n) is 8.12. The predicted octanol–water partition coefficient (Wildman–Crippen LogP) is 1.59. The van der Waals surface area contributed by atoms with Crippen LogP contribution in [-0.2, 0) is 19.6 Å². The van der Waals surface area contributed by atoms with E-state index in [4.69, 9.17) is 0 Å². The molecule has 1 aliphatic heterocycles. The highest BCUT2D eigenvalue weighted by molar-refractivity contribution is 7.89. The molecule has 0 aromatic heterocycles. The van der Waals surface area contributed by atoms with Crippen molar-refractivity contribution in [3.05, 3.63) is 82.7 Å². The van der Waals surface area contributed by atoms with Crippen LogP contribution in [-0.4, -0.2) is 71.4 Å². The number of rotatable bonds is 10. The summed E-state index contributed by atoms with van der Waals surface area (Å²) in [6, 6.07) is 6.75. The largest absolute Gasteiger partial charge is 0.481 e. The van der Waals surface area contributed by atoms with Crippen LogP contribution in [0.15, 0.2) is 66.1 Å². The van der Waals surface area contributed by atoms with Gasteiger partial charge in [-0.3, -0.25) is 24.6 Å². The number of nitrogens with one attached hydrogen (secondary N) is 2. The van der Waals surface area contributed by atoms with Gasteiger partial charge in [0.1, 0.15) is 5.82 Å². The molecule has 202 valence electrons. The van der Waals surface area contributed by atoms with Gasteiger partial charge in [0.2, 0.25) is 10.0 Å². The molecule has 2 aromatic rings. The minimum atomic E-state index is -4.42. The van der Waals surface area contributed by atoms with Crippen LogP contribution in [0.5, 0.6) is 0 Å². The maximum Gasteiger partial charge on any atom is 0.319 e. The second kappa shape index (κ2) is 11.8. The van der Waals surface area contributed by atoms with E-state index in [0.717, 1.165) is 39.5 Å².